The number of nitrogens with zero attached hydrogens (tertiary/aromatic N) is 2. The summed E-state index contributed by atoms with van der Waals surface area (Å²) in [6.45, 7) is 10.2. The molecule has 0 spiro atoms. The van der Waals surface area contributed by atoms with Crippen LogP contribution in [0.4, 0.5) is 10.1 Å². The molecular weight excluding hydrogens is 475 g/mol. The zero-order chi connectivity index (χ0) is 25.7. The van der Waals surface area contributed by atoms with E-state index in [-0.39, 0.29) is 23.0 Å². The molecule has 2 aliphatic heterocycles. The molecule has 0 amide bonds. The Balaban J connectivity index is 0.000000750. The number of fused-ring (bicyclic) bond motifs is 1. The van der Waals surface area contributed by atoms with Crippen LogP contribution in [-0.4, -0.2) is 57.1 Å². The number of aryl methyl sites for hydroxylation is 1. The fraction of sp³-hybridized carbons (Fsp3) is 0.500. The lowest BCUT2D eigenvalue weighted by Crippen LogP contribution is -2.31. The first-order valence-electron chi connectivity index (χ1n) is 11.0. The molecule has 188 valence electrons. The van der Waals surface area contributed by atoms with E-state index in [9.17, 15) is 9.18 Å². The minimum absolute atomic E-state index is 0.0957. The van der Waals surface area contributed by atoms with Crippen molar-refractivity contribution in [1.29, 1.82) is 0 Å². The van der Waals surface area contributed by atoms with Crippen molar-refractivity contribution in [1.82, 2.24) is 9.97 Å². The van der Waals surface area contributed by atoms with Crippen LogP contribution in [0.15, 0.2) is 39.3 Å². The molecule has 4 rings (SSSR count). The lowest BCUT2D eigenvalue weighted by molar-refractivity contribution is -0.0980. The van der Waals surface area contributed by atoms with E-state index < -0.39 is 0 Å². The molecule has 10 heteroatoms. The SMILES string of the molecule is C=O.CCC.CO.Cc1cnc(SCC2=NC(C)(CC3Cc4ccc(F)cc4N3)CS2)[nH]c1=O. The van der Waals surface area contributed by atoms with Gasteiger partial charge in [-0.05, 0) is 44.4 Å². The van der Waals surface area contributed by atoms with Gasteiger partial charge in [0.1, 0.15) is 12.6 Å². The summed E-state index contributed by atoms with van der Waals surface area (Å²) in [6.07, 6.45) is 4.66. The highest BCUT2D eigenvalue weighted by Gasteiger charge is 2.35. The van der Waals surface area contributed by atoms with Gasteiger partial charge in [0.2, 0.25) is 0 Å². The molecule has 3 N–H and O–H groups in total. The second-order valence-electron chi connectivity index (χ2n) is 8.04. The Morgan fingerprint density at radius 3 is 2.65 bits per heavy atom. The minimum atomic E-state index is -0.204. The molecule has 0 saturated carbocycles. The number of carbonyl (C=O) groups is 1. The summed E-state index contributed by atoms with van der Waals surface area (Å²) in [5.41, 5.74) is 2.46. The van der Waals surface area contributed by atoms with E-state index in [0.29, 0.717) is 16.5 Å². The molecule has 2 unspecified atom stereocenters. The molecule has 7 nitrogen and oxygen atoms in total. The molecule has 34 heavy (non-hydrogen) atoms. The number of aliphatic hydroxyl groups excluding tert-OH is 1. The number of H-pyrrole nitrogens is 1. The van der Waals surface area contributed by atoms with Crippen LogP contribution in [0.3, 0.4) is 0 Å². The zero-order valence-corrected chi connectivity index (χ0v) is 22.1. The van der Waals surface area contributed by atoms with E-state index in [0.717, 1.165) is 36.4 Å². The molecule has 0 radical (unpaired) electrons. The quantitative estimate of drug-likeness (QED) is 0.402. The van der Waals surface area contributed by atoms with E-state index in [4.69, 9.17) is 14.9 Å². The Morgan fingerprint density at radius 2 is 2.00 bits per heavy atom. The number of anilines is 1. The van der Waals surface area contributed by atoms with Gasteiger partial charge < -0.3 is 20.2 Å². The van der Waals surface area contributed by atoms with Crippen LogP contribution in [0, 0.1) is 12.7 Å². The van der Waals surface area contributed by atoms with E-state index in [1.54, 1.807) is 30.9 Å². The van der Waals surface area contributed by atoms with Gasteiger partial charge in [0, 0.05) is 42.1 Å². The van der Waals surface area contributed by atoms with Crippen molar-refractivity contribution in [3.05, 3.63) is 51.7 Å². The maximum Gasteiger partial charge on any atom is 0.254 e. The highest BCUT2D eigenvalue weighted by Crippen LogP contribution is 2.37. The second-order valence-corrected chi connectivity index (χ2v) is 10.1. The molecule has 1 aromatic heterocycles. The number of aromatic amines is 1. The van der Waals surface area contributed by atoms with Gasteiger partial charge in [0.05, 0.1) is 10.6 Å². The largest absolute Gasteiger partial charge is 0.400 e. The smallest absolute Gasteiger partial charge is 0.254 e. The first kappa shape index (κ1) is 29.9. The summed E-state index contributed by atoms with van der Waals surface area (Å²) in [5.74, 6) is 1.43. The number of aliphatic hydroxyl groups is 1. The molecule has 2 aliphatic rings. The van der Waals surface area contributed by atoms with Gasteiger partial charge in [0.25, 0.3) is 5.56 Å². The minimum Gasteiger partial charge on any atom is -0.400 e. The zero-order valence-electron chi connectivity index (χ0n) is 20.5. The third kappa shape index (κ3) is 8.88. The van der Waals surface area contributed by atoms with Crippen molar-refractivity contribution in [3.63, 3.8) is 0 Å². The molecule has 0 aliphatic carbocycles. The van der Waals surface area contributed by atoms with E-state index >= 15 is 0 Å². The predicted molar refractivity (Wildman–Crippen MR) is 142 cm³/mol. The number of aliphatic imine (C=N–C) groups is 1. The van der Waals surface area contributed by atoms with Crippen molar-refractivity contribution in [2.24, 2.45) is 4.99 Å². The van der Waals surface area contributed by atoms with Crippen LogP contribution in [0.2, 0.25) is 0 Å². The average molecular weight is 511 g/mol. The first-order valence-corrected chi connectivity index (χ1v) is 13.0. The summed E-state index contributed by atoms with van der Waals surface area (Å²) in [6, 6.07) is 5.23. The Kier molecular flexibility index (Phi) is 13.1. The first-order chi connectivity index (χ1) is 16.3. The van der Waals surface area contributed by atoms with E-state index in [1.807, 2.05) is 12.9 Å². The van der Waals surface area contributed by atoms with Gasteiger partial charge >= 0.3 is 0 Å². The Hall–Kier alpha value is -2.17. The Labute approximate surface area is 209 Å². The lowest BCUT2D eigenvalue weighted by Gasteiger charge is -2.24. The second kappa shape index (κ2) is 15.0. The third-order valence-electron chi connectivity index (χ3n) is 4.81. The number of halogens is 1. The number of hydrogen-bond donors (Lipinski definition) is 3. The molecule has 2 aromatic rings. The molecule has 0 bridgehead atoms. The van der Waals surface area contributed by atoms with Gasteiger partial charge in [-0.3, -0.25) is 9.79 Å². The monoisotopic (exact) mass is 510 g/mol. The number of nitrogens with one attached hydrogen (secondary N) is 2. The number of hydrogen-bond acceptors (Lipinski definition) is 8. The van der Waals surface area contributed by atoms with E-state index in [2.05, 4.69) is 36.1 Å². The fourth-order valence-electron chi connectivity index (χ4n) is 3.48. The fourth-order valence-corrected chi connectivity index (χ4v) is 5.55. The molecule has 1 aromatic carbocycles. The standard InChI is InChI=1S/C19H21FN4OS2.C3H8.CH4O.CH2O/c1-11-8-21-18(23-17(11)25)26-9-16-24-19(2,10-27-16)7-14-5-12-3-4-13(20)6-15(12)22-14;1-3-2;2*1-2/h3-4,6,8,14,22H,5,7,9-10H2,1-2H3,(H,21,23,25);3H2,1-2H3;2H,1H3;1H2. The lowest BCUT2D eigenvalue weighted by atomic mass is 9.94. The van der Waals surface area contributed by atoms with Crippen molar-refractivity contribution in [2.75, 3.05) is 23.9 Å². The van der Waals surface area contributed by atoms with Crippen molar-refractivity contribution < 1.29 is 14.3 Å². The van der Waals surface area contributed by atoms with E-state index in [1.165, 1.54) is 29.8 Å². The number of benzene rings is 1. The highest BCUT2D eigenvalue weighted by atomic mass is 32.2. The average Bonchev–Trinajstić information content (AvgIpc) is 3.40. The summed E-state index contributed by atoms with van der Waals surface area (Å²) in [5, 5.41) is 12.1. The highest BCUT2D eigenvalue weighted by molar-refractivity contribution is 8.16. The topological polar surface area (TPSA) is 107 Å². The van der Waals surface area contributed by atoms with Crippen LogP contribution in [0.5, 0.6) is 0 Å². The maximum absolute atomic E-state index is 13.4. The summed E-state index contributed by atoms with van der Waals surface area (Å²) >= 11 is 3.27. The van der Waals surface area contributed by atoms with Crippen LogP contribution in [0.1, 0.15) is 44.7 Å². The number of thioether (sulfide) groups is 2. The van der Waals surface area contributed by atoms with Gasteiger partial charge in [-0.15, -0.1) is 11.8 Å². The summed E-state index contributed by atoms with van der Waals surface area (Å²) in [7, 11) is 1.00. The normalized spacial score (nSPS) is 19.7. The van der Waals surface area contributed by atoms with Gasteiger partial charge in [0.15, 0.2) is 5.16 Å². The Bertz CT molecular complexity index is 1000. The molecular formula is C24H35FN4O3S2. The van der Waals surface area contributed by atoms with Crippen LogP contribution >= 0.6 is 23.5 Å². The van der Waals surface area contributed by atoms with Crippen LogP contribution < -0.4 is 10.9 Å². The maximum atomic E-state index is 13.4. The molecule has 0 saturated heterocycles. The van der Waals surface area contributed by atoms with Gasteiger partial charge in [-0.1, -0.05) is 38.1 Å². The summed E-state index contributed by atoms with van der Waals surface area (Å²) < 4.78 is 13.4. The van der Waals surface area contributed by atoms with Gasteiger partial charge in [-0.25, -0.2) is 9.37 Å². The van der Waals surface area contributed by atoms with Crippen LogP contribution in [-0.2, 0) is 11.2 Å². The van der Waals surface area contributed by atoms with Gasteiger partial charge in [-0.2, -0.15) is 0 Å². The van der Waals surface area contributed by atoms with Crippen molar-refractivity contribution in [3.8, 4) is 0 Å². The number of carbonyl (C=O) groups excluding carboxylic acids is 1. The summed E-state index contributed by atoms with van der Waals surface area (Å²) in [4.78, 5) is 31.7. The molecule has 3 heterocycles. The van der Waals surface area contributed by atoms with Crippen molar-refractivity contribution >= 4 is 41.0 Å². The predicted octanol–water partition coefficient (Wildman–Crippen LogP) is 4.48. The third-order valence-corrected chi connectivity index (χ3v) is 7.23. The number of rotatable bonds is 5. The van der Waals surface area contributed by atoms with Crippen molar-refractivity contribution in [2.45, 2.75) is 63.7 Å². The number of aromatic nitrogens is 2. The van der Waals surface area contributed by atoms with Crippen LogP contribution in [0.25, 0.3) is 0 Å². The molecule has 0 fully saturated rings. The molecule has 2 atom stereocenters. The Morgan fingerprint density at radius 1 is 1.32 bits per heavy atom.